The Balaban J connectivity index is 1.70. The Kier molecular flexibility index (Phi) is 6.42. The zero-order valence-electron chi connectivity index (χ0n) is 16.9. The van der Waals surface area contributed by atoms with Crippen molar-refractivity contribution < 1.29 is 26.9 Å². The van der Waals surface area contributed by atoms with Gasteiger partial charge in [0.15, 0.2) is 0 Å². The van der Waals surface area contributed by atoms with E-state index >= 15 is 0 Å². The van der Waals surface area contributed by atoms with Gasteiger partial charge in [-0.3, -0.25) is 0 Å². The average Bonchev–Trinajstić information content (AvgIpc) is 2.74. The minimum atomic E-state index is -4.04. The molecule has 0 fully saturated rings. The SMILES string of the molecule is COc1ccc(S(=O)(=O)Oc2ccc(C(=O)OCc3ccccc3)cc2)c(C)c1C. The number of esters is 1. The summed E-state index contributed by atoms with van der Waals surface area (Å²) in [6, 6.07) is 18.1. The van der Waals surface area contributed by atoms with Gasteiger partial charge >= 0.3 is 16.1 Å². The Morgan fingerprint density at radius 2 is 1.53 bits per heavy atom. The summed E-state index contributed by atoms with van der Waals surface area (Å²) in [5, 5.41) is 0. The first-order valence-corrected chi connectivity index (χ1v) is 10.6. The van der Waals surface area contributed by atoms with E-state index in [9.17, 15) is 13.2 Å². The average molecular weight is 426 g/mol. The van der Waals surface area contributed by atoms with E-state index in [1.54, 1.807) is 19.9 Å². The molecule has 0 spiro atoms. The number of benzene rings is 3. The summed E-state index contributed by atoms with van der Waals surface area (Å²) in [6.45, 7) is 3.63. The molecule has 7 heteroatoms. The van der Waals surface area contributed by atoms with Crippen LogP contribution in [0.2, 0.25) is 0 Å². The third kappa shape index (κ3) is 4.80. The second-order valence-corrected chi connectivity index (χ2v) is 8.15. The molecule has 0 aliphatic rings. The first-order valence-electron chi connectivity index (χ1n) is 9.21. The van der Waals surface area contributed by atoms with Crippen LogP contribution in [0.15, 0.2) is 71.6 Å². The largest absolute Gasteiger partial charge is 0.496 e. The molecule has 0 saturated heterocycles. The van der Waals surface area contributed by atoms with Crippen LogP contribution >= 0.6 is 0 Å². The van der Waals surface area contributed by atoms with E-state index in [2.05, 4.69) is 0 Å². The van der Waals surface area contributed by atoms with Gasteiger partial charge in [0.25, 0.3) is 0 Å². The summed E-state index contributed by atoms with van der Waals surface area (Å²) in [7, 11) is -2.52. The van der Waals surface area contributed by atoms with Gasteiger partial charge in [-0.05, 0) is 66.9 Å². The van der Waals surface area contributed by atoms with Crippen molar-refractivity contribution in [3.05, 3.63) is 89.0 Å². The normalized spacial score (nSPS) is 11.0. The van der Waals surface area contributed by atoms with Gasteiger partial charge in [0.1, 0.15) is 23.0 Å². The summed E-state index contributed by atoms with van der Waals surface area (Å²) in [4.78, 5) is 12.2. The Morgan fingerprint density at radius 1 is 0.867 bits per heavy atom. The van der Waals surface area contributed by atoms with E-state index in [1.807, 2.05) is 30.3 Å². The van der Waals surface area contributed by atoms with E-state index in [4.69, 9.17) is 13.7 Å². The lowest BCUT2D eigenvalue weighted by Gasteiger charge is -2.13. The molecule has 0 amide bonds. The molecular formula is C23H22O6S. The van der Waals surface area contributed by atoms with Gasteiger partial charge in [-0.15, -0.1) is 0 Å². The maximum atomic E-state index is 12.7. The molecule has 6 nitrogen and oxygen atoms in total. The van der Waals surface area contributed by atoms with E-state index in [0.29, 0.717) is 16.9 Å². The Labute approximate surface area is 176 Å². The van der Waals surface area contributed by atoms with Gasteiger partial charge in [-0.25, -0.2) is 4.79 Å². The van der Waals surface area contributed by atoms with Crippen LogP contribution in [0.3, 0.4) is 0 Å². The molecule has 30 heavy (non-hydrogen) atoms. The number of methoxy groups -OCH3 is 1. The molecule has 0 aliphatic heterocycles. The van der Waals surface area contributed by atoms with Gasteiger partial charge in [-0.1, -0.05) is 30.3 Å². The van der Waals surface area contributed by atoms with Crippen LogP contribution in [0.25, 0.3) is 0 Å². The Bertz CT molecular complexity index is 1140. The monoisotopic (exact) mass is 426 g/mol. The maximum absolute atomic E-state index is 12.7. The predicted octanol–water partition coefficient (Wildman–Crippen LogP) is 4.44. The predicted molar refractivity (Wildman–Crippen MR) is 112 cm³/mol. The van der Waals surface area contributed by atoms with Crippen molar-refractivity contribution in [1.29, 1.82) is 0 Å². The molecule has 0 bridgehead atoms. The van der Waals surface area contributed by atoms with Crippen molar-refractivity contribution in [2.75, 3.05) is 7.11 Å². The first-order chi connectivity index (χ1) is 14.3. The van der Waals surface area contributed by atoms with E-state index in [1.165, 1.54) is 37.4 Å². The summed E-state index contributed by atoms with van der Waals surface area (Å²) in [6.07, 6.45) is 0. The number of carbonyl (C=O) groups excluding carboxylic acids is 1. The highest BCUT2D eigenvalue weighted by atomic mass is 32.2. The van der Waals surface area contributed by atoms with Crippen molar-refractivity contribution >= 4 is 16.1 Å². The first kappa shape index (κ1) is 21.4. The lowest BCUT2D eigenvalue weighted by atomic mass is 10.1. The standard InChI is InChI=1S/C23H22O6S/c1-16-17(2)22(14-13-21(16)27-3)30(25,26)29-20-11-9-19(10-12-20)23(24)28-15-18-7-5-4-6-8-18/h4-14H,15H2,1-3H3. The summed E-state index contributed by atoms with van der Waals surface area (Å²) >= 11 is 0. The van der Waals surface area contributed by atoms with Crippen molar-refractivity contribution in [3.63, 3.8) is 0 Å². The fourth-order valence-corrected chi connectivity index (χ4v) is 4.10. The van der Waals surface area contributed by atoms with Crippen LogP contribution in [0.5, 0.6) is 11.5 Å². The Morgan fingerprint density at radius 3 is 2.17 bits per heavy atom. The van der Waals surface area contributed by atoms with E-state index in [-0.39, 0.29) is 17.3 Å². The molecule has 0 unspecified atom stereocenters. The minimum Gasteiger partial charge on any atom is -0.496 e. The van der Waals surface area contributed by atoms with Crippen molar-refractivity contribution in [2.24, 2.45) is 0 Å². The number of carbonyl (C=O) groups is 1. The van der Waals surface area contributed by atoms with Gasteiger partial charge in [0.2, 0.25) is 0 Å². The van der Waals surface area contributed by atoms with Crippen molar-refractivity contribution in [2.45, 2.75) is 25.3 Å². The highest BCUT2D eigenvalue weighted by molar-refractivity contribution is 7.87. The number of hydrogen-bond donors (Lipinski definition) is 0. The molecule has 156 valence electrons. The van der Waals surface area contributed by atoms with E-state index in [0.717, 1.165) is 11.1 Å². The van der Waals surface area contributed by atoms with Gasteiger partial charge < -0.3 is 13.7 Å². The quantitative estimate of drug-likeness (QED) is 0.411. The molecule has 0 N–H and O–H groups in total. The lowest BCUT2D eigenvalue weighted by molar-refractivity contribution is 0.0472. The van der Waals surface area contributed by atoms with Gasteiger partial charge in [0, 0.05) is 0 Å². The highest BCUT2D eigenvalue weighted by Crippen LogP contribution is 2.29. The highest BCUT2D eigenvalue weighted by Gasteiger charge is 2.22. The lowest BCUT2D eigenvalue weighted by Crippen LogP contribution is -2.12. The van der Waals surface area contributed by atoms with Gasteiger partial charge in [0.05, 0.1) is 12.7 Å². The maximum Gasteiger partial charge on any atom is 0.339 e. The smallest absolute Gasteiger partial charge is 0.339 e. The summed E-state index contributed by atoms with van der Waals surface area (Å²) in [5.41, 5.74) is 2.45. The number of hydrogen-bond acceptors (Lipinski definition) is 6. The van der Waals surface area contributed by atoms with Crippen LogP contribution < -0.4 is 8.92 Å². The molecule has 3 rings (SSSR count). The minimum absolute atomic E-state index is 0.0622. The molecule has 3 aromatic rings. The third-order valence-corrected chi connectivity index (χ3v) is 6.08. The van der Waals surface area contributed by atoms with Crippen LogP contribution in [0, 0.1) is 13.8 Å². The molecular weight excluding hydrogens is 404 g/mol. The van der Waals surface area contributed by atoms with Crippen molar-refractivity contribution in [1.82, 2.24) is 0 Å². The van der Waals surface area contributed by atoms with E-state index < -0.39 is 16.1 Å². The molecule has 0 saturated carbocycles. The van der Waals surface area contributed by atoms with Crippen LogP contribution in [-0.2, 0) is 21.5 Å². The molecule has 0 atom stereocenters. The van der Waals surface area contributed by atoms with Gasteiger partial charge in [-0.2, -0.15) is 8.42 Å². The zero-order valence-corrected chi connectivity index (χ0v) is 17.7. The molecule has 3 aromatic carbocycles. The summed E-state index contributed by atoms with van der Waals surface area (Å²) < 4.78 is 41.1. The number of rotatable bonds is 7. The fourth-order valence-electron chi connectivity index (χ4n) is 2.89. The molecule has 0 aliphatic carbocycles. The number of ether oxygens (including phenoxy) is 2. The molecule has 0 aromatic heterocycles. The van der Waals surface area contributed by atoms with Crippen LogP contribution in [0.4, 0.5) is 0 Å². The third-order valence-electron chi connectivity index (χ3n) is 4.69. The Hall–Kier alpha value is -3.32. The molecule has 0 radical (unpaired) electrons. The topological polar surface area (TPSA) is 78.9 Å². The van der Waals surface area contributed by atoms with Crippen LogP contribution in [-0.4, -0.2) is 21.5 Å². The summed E-state index contributed by atoms with van der Waals surface area (Å²) in [5.74, 6) is 0.196. The fraction of sp³-hybridized carbons (Fsp3) is 0.174. The zero-order chi connectivity index (χ0) is 21.7. The molecule has 0 heterocycles. The van der Waals surface area contributed by atoms with Crippen LogP contribution in [0.1, 0.15) is 27.0 Å². The second-order valence-electron chi connectivity index (χ2n) is 6.64. The van der Waals surface area contributed by atoms with Crippen molar-refractivity contribution in [3.8, 4) is 11.5 Å². The second kappa shape index (κ2) is 9.00.